The van der Waals surface area contributed by atoms with Crippen LogP contribution >= 0.6 is 0 Å². The highest BCUT2D eigenvalue weighted by atomic mass is 19.4. The first-order valence-corrected chi connectivity index (χ1v) is 14.3. The summed E-state index contributed by atoms with van der Waals surface area (Å²) in [5.41, 5.74) is 6.31. The highest BCUT2D eigenvalue weighted by molar-refractivity contribution is 5.98. The maximum atomic E-state index is 14.0. The van der Waals surface area contributed by atoms with Crippen LogP contribution in [0.5, 0.6) is 0 Å². The Morgan fingerprint density at radius 3 is 2.47 bits per heavy atom. The number of piperidine rings is 1. The molecule has 2 N–H and O–H groups in total. The van der Waals surface area contributed by atoms with Gasteiger partial charge in [-0.2, -0.15) is 13.2 Å². The maximum Gasteiger partial charge on any atom is 0.416 e. The molecule has 1 amide bonds. The van der Waals surface area contributed by atoms with Gasteiger partial charge in [0.1, 0.15) is 22.9 Å². The van der Waals surface area contributed by atoms with Crippen molar-refractivity contribution < 1.29 is 36.3 Å². The fraction of sp³-hybridized carbons (Fsp3) is 0.387. The molecule has 9 nitrogen and oxygen atoms in total. The van der Waals surface area contributed by atoms with E-state index in [-0.39, 0.29) is 61.5 Å². The van der Waals surface area contributed by atoms with Crippen molar-refractivity contribution in [1.82, 2.24) is 24.3 Å². The molecule has 236 valence electrons. The minimum Gasteiger partial charge on any atom is -0.382 e. The highest BCUT2D eigenvalue weighted by Crippen LogP contribution is 2.39. The number of aromatic nitrogens is 4. The molecule has 1 aromatic carbocycles. The molecule has 0 spiro atoms. The number of likely N-dealkylation sites (tertiary alicyclic amines) is 1. The SMILES string of the molecule is CC1(C(=O)N2C[C@H](c3nc(-c4ccc(C(=O)Cc5cc(C(F)(F)F)ccn5)cc4)c4c(N)nccn34)CC[C@@H]2C(F)F)COC1. The lowest BCUT2D eigenvalue weighted by atomic mass is 9.83. The van der Waals surface area contributed by atoms with Crippen molar-refractivity contribution in [2.24, 2.45) is 5.41 Å². The predicted molar refractivity (Wildman–Crippen MR) is 153 cm³/mol. The second-order valence-electron chi connectivity index (χ2n) is 11.7. The van der Waals surface area contributed by atoms with Crippen LogP contribution in [0.15, 0.2) is 55.0 Å². The zero-order valence-corrected chi connectivity index (χ0v) is 24.1. The summed E-state index contributed by atoms with van der Waals surface area (Å²) in [7, 11) is 0. The molecular weight excluding hydrogens is 599 g/mol. The number of nitrogens with zero attached hydrogens (tertiary/aromatic N) is 5. The second-order valence-corrected chi connectivity index (χ2v) is 11.7. The van der Waals surface area contributed by atoms with Crippen LogP contribution in [-0.4, -0.2) is 68.2 Å². The third kappa shape index (κ3) is 5.74. The molecule has 4 aromatic rings. The summed E-state index contributed by atoms with van der Waals surface area (Å²) < 4.78 is 74.3. The van der Waals surface area contributed by atoms with Crippen LogP contribution < -0.4 is 5.73 Å². The Kier molecular flexibility index (Phi) is 7.79. The van der Waals surface area contributed by atoms with Crippen molar-refractivity contribution in [3.63, 3.8) is 0 Å². The van der Waals surface area contributed by atoms with Crippen molar-refractivity contribution in [2.75, 3.05) is 25.5 Å². The van der Waals surface area contributed by atoms with Crippen LogP contribution in [0, 0.1) is 5.41 Å². The Bertz CT molecular complexity index is 1750. The van der Waals surface area contributed by atoms with Crippen LogP contribution in [-0.2, 0) is 22.1 Å². The number of nitrogens with two attached hydrogens (primary N) is 1. The highest BCUT2D eigenvalue weighted by Gasteiger charge is 2.48. The number of ether oxygens (including phenoxy) is 1. The van der Waals surface area contributed by atoms with E-state index in [4.69, 9.17) is 15.5 Å². The van der Waals surface area contributed by atoms with Crippen molar-refractivity contribution in [1.29, 1.82) is 0 Å². The Morgan fingerprint density at radius 2 is 1.82 bits per heavy atom. The first-order valence-electron chi connectivity index (χ1n) is 14.3. The lowest BCUT2D eigenvalue weighted by Crippen LogP contribution is -2.59. The molecule has 3 aromatic heterocycles. The topological polar surface area (TPSA) is 116 Å². The van der Waals surface area contributed by atoms with Crippen molar-refractivity contribution in [2.45, 2.75) is 50.7 Å². The van der Waals surface area contributed by atoms with Gasteiger partial charge >= 0.3 is 6.18 Å². The number of fused-ring (bicyclic) bond motifs is 1. The van der Waals surface area contributed by atoms with Crippen LogP contribution in [0.2, 0.25) is 0 Å². The van der Waals surface area contributed by atoms with Gasteiger partial charge in [-0.15, -0.1) is 0 Å². The standard InChI is InChI=1S/C31H29F5N6O3/c1-30(15-45-16-30)29(44)42-14-19(6-7-22(42)26(32)33)28-40-24(25-27(37)39-10-11-41(25)28)18-4-2-17(3-5-18)23(43)13-21-12-20(8-9-38-21)31(34,35)36/h2-5,8-12,19,22,26H,6-7,13-16H2,1H3,(H2,37,39)/t19-,22-/m1/s1. The Labute approximate surface area is 254 Å². The number of amides is 1. The summed E-state index contributed by atoms with van der Waals surface area (Å²) in [6, 6.07) is 6.86. The summed E-state index contributed by atoms with van der Waals surface area (Å²) in [6.07, 6.45) is -2.92. The van der Waals surface area contributed by atoms with E-state index >= 15 is 0 Å². The van der Waals surface area contributed by atoms with Gasteiger partial charge in [0.05, 0.1) is 36.7 Å². The first-order chi connectivity index (χ1) is 21.4. The second kappa shape index (κ2) is 11.5. The molecule has 2 fully saturated rings. The normalized spacial score (nSPS) is 19.9. The van der Waals surface area contributed by atoms with Gasteiger partial charge < -0.3 is 15.4 Å². The molecule has 0 saturated carbocycles. The monoisotopic (exact) mass is 628 g/mol. The number of imidazole rings is 1. The van der Waals surface area contributed by atoms with E-state index in [1.807, 2.05) is 0 Å². The lowest BCUT2D eigenvalue weighted by molar-refractivity contribution is -0.176. The molecule has 5 heterocycles. The fourth-order valence-electron chi connectivity index (χ4n) is 5.98. The van der Waals surface area contributed by atoms with Gasteiger partial charge in [-0.1, -0.05) is 24.3 Å². The quantitative estimate of drug-likeness (QED) is 0.221. The Hall–Kier alpha value is -4.46. The van der Waals surface area contributed by atoms with Crippen LogP contribution in [0.4, 0.5) is 27.8 Å². The van der Waals surface area contributed by atoms with Crippen molar-refractivity contribution in [3.8, 4) is 11.3 Å². The lowest BCUT2D eigenvalue weighted by Gasteiger charge is -2.46. The van der Waals surface area contributed by atoms with Crippen LogP contribution in [0.25, 0.3) is 16.8 Å². The van der Waals surface area contributed by atoms with Crippen LogP contribution in [0.3, 0.4) is 0 Å². The molecule has 0 aliphatic carbocycles. The average Bonchev–Trinajstić information content (AvgIpc) is 3.40. The van der Waals surface area contributed by atoms with Gasteiger partial charge in [-0.3, -0.25) is 19.0 Å². The number of hydrogen-bond acceptors (Lipinski definition) is 7. The molecule has 0 unspecified atom stereocenters. The number of alkyl halides is 5. The molecule has 45 heavy (non-hydrogen) atoms. The number of halogens is 5. The van der Waals surface area contributed by atoms with Crippen molar-refractivity contribution >= 4 is 23.0 Å². The minimum atomic E-state index is -4.55. The number of ketones is 1. The first kappa shape index (κ1) is 30.6. The van der Waals surface area contributed by atoms with Gasteiger partial charge in [0.15, 0.2) is 5.78 Å². The van der Waals surface area contributed by atoms with Gasteiger partial charge in [0.2, 0.25) is 5.91 Å². The Balaban J connectivity index is 1.28. The summed E-state index contributed by atoms with van der Waals surface area (Å²) in [5, 5.41) is 0. The Morgan fingerprint density at radius 1 is 1.09 bits per heavy atom. The zero-order chi connectivity index (χ0) is 32.1. The van der Waals surface area contributed by atoms with E-state index in [0.717, 1.165) is 18.3 Å². The van der Waals surface area contributed by atoms with E-state index in [0.29, 0.717) is 29.0 Å². The third-order valence-corrected chi connectivity index (χ3v) is 8.48. The summed E-state index contributed by atoms with van der Waals surface area (Å²) in [4.78, 5) is 40.5. The largest absolute Gasteiger partial charge is 0.416 e. The van der Waals surface area contributed by atoms with E-state index in [1.54, 1.807) is 29.7 Å². The molecule has 0 bridgehead atoms. The summed E-state index contributed by atoms with van der Waals surface area (Å²) in [6.45, 7) is 2.11. The smallest absolute Gasteiger partial charge is 0.382 e. The van der Waals surface area contributed by atoms with E-state index in [1.165, 1.54) is 23.2 Å². The van der Waals surface area contributed by atoms with Crippen LogP contribution in [0.1, 0.15) is 53.1 Å². The molecule has 14 heteroatoms. The van der Waals surface area contributed by atoms with E-state index in [2.05, 4.69) is 9.97 Å². The summed E-state index contributed by atoms with van der Waals surface area (Å²) >= 11 is 0. The number of Topliss-reactive ketones (excluding diaryl/α,β-unsaturated/α-hetero) is 1. The number of carbonyl (C=O) groups is 2. The molecular formula is C31H29F5N6O3. The predicted octanol–water partition coefficient (Wildman–Crippen LogP) is 5.19. The molecule has 2 aliphatic rings. The maximum absolute atomic E-state index is 14.0. The van der Waals surface area contributed by atoms with Gasteiger partial charge in [0.25, 0.3) is 6.43 Å². The van der Waals surface area contributed by atoms with E-state index < -0.39 is 35.4 Å². The average molecular weight is 629 g/mol. The third-order valence-electron chi connectivity index (χ3n) is 8.48. The minimum absolute atomic E-state index is 0.00426. The molecule has 2 atom stereocenters. The zero-order valence-electron chi connectivity index (χ0n) is 24.1. The van der Waals surface area contributed by atoms with Gasteiger partial charge in [-0.25, -0.2) is 18.7 Å². The molecule has 2 saturated heterocycles. The van der Waals surface area contributed by atoms with Gasteiger partial charge in [-0.05, 0) is 31.9 Å². The molecule has 2 aliphatic heterocycles. The molecule has 6 rings (SSSR count). The number of benzene rings is 1. The van der Waals surface area contributed by atoms with Crippen molar-refractivity contribution in [3.05, 3.63) is 77.6 Å². The number of hydrogen-bond donors (Lipinski definition) is 1. The van der Waals surface area contributed by atoms with Gasteiger partial charge in [0, 0.05) is 47.9 Å². The number of nitrogen functional groups attached to an aromatic ring is 1. The number of rotatable bonds is 7. The van der Waals surface area contributed by atoms with E-state index in [9.17, 15) is 31.5 Å². The fourth-order valence-corrected chi connectivity index (χ4v) is 5.98. The summed E-state index contributed by atoms with van der Waals surface area (Å²) in [5.74, 6) is -0.458. The number of carbonyl (C=O) groups excluding carboxylic acids is 2. The number of anilines is 1. The number of pyridine rings is 1. The molecule has 0 radical (unpaired) electrons.